The molecule has 0 aromatic carbocycles. The molecule has 0 aliphatic carbocycles. The third-order valence-electron chi connectivity index (χ3n) is 4.49. The quantitative estimate of drug-likeness (QED) is 0.709. The lowest BCUT2D eigenvalue weighted by Crippen LogP contribution is -2.40. The van der Waals surface area contributed by atoms with Gasteiger partial charge in [-0.1, -0.05) is 5.16 Å². The molecular weight excluding hydrogens is 334 g/mol. The Morgan fingerprint density at radius 3 is 2.92 bits per heavy atom. The van der Waals surface area contributed by atoms with E-state index in [1.807, 2.05) is 12.1 Å². The summed E-state index contributed by atoms with van der Waals surface area (Å²) in [5.74, 6) is 0.00257. The van der Waals surface area contributed by atoms with Gasteiger partial charge in [-0.2, -0.15) is 5.10 Å². The van der Waals surface area contributed by atoms with Crippen LogP contribution in [-0.2, 0) is 6.54 Å². The van der Waals surface area contributed by atoms with Crippen LogP contribution in [0.15, 0.2) is 58.2 Å². The van der Waals surface area contributed by atoms with Gasteiger partial charge in [-0.15, -0.1) is 0 Å². The molecule has 0 saturated carbocycles. The Labute approximate surface area is 149 Å². The summed E-state index contributed by atoms with van der Waals surface area (Å²) < 4.78 is 6.39. The van der Waals surface area contributed by atoms with Gasteiger partial charge in [0.25, 0.3) is 11.5 Å². The van der Waals surface area contributed by atoms with E-state index in [9.17, 15) is 9.59 Å². The van der Waals surface area contributed by atoms with Crippen molar-refractivity contribution in [1.82, 2.24) is 24.8 Å². The number of rotatable bonds is 4. The predicted molar refractivity (Wildman–Crippen MR) is 92.3 cm³/mol. The zero-order chi connectivity index (χ0) is 17.9. The van der Waals surface area contributed by atoms with Crippen LogP contribution in [0.3, 0.4) is 0 Å². The Bertz CT molecular complexity index is 952. The number of carbonyl (C=O) groups is 1. The fraction of sp³-hybridized carbons (Fsp3) is 0.278. The van der Waals surface area contributed by atoms with Gasteiger partial charge >= 0.3 is 0 Å². The van der Waals surface area contributed by atoms with Crippen LogP contribution in [0, 0.1) is 0 Å². The van der Waals surface area contributed by atoms with Gasteiger partial charge < -0.3 is 9.42 Å². The SMILES string of the molecule is O=C(c1ccno1)N1CCCC1Cn1nc(-c2cccnc2)ccc1=O. The highest BCUT2D eigenvalue weighted by Crippen LogP contribution is 2.21. The standard InChI is InChI=1S/C18H17N5O3/c24-17-6-5-15(13-3-1-8-19-11-13)21-23(17)12-14-4-2-10-22(14)18(25)16-7-9-20-26-16/h1,3,5-9,11,14H,2,4,10,12H2. The van der Waals surface area contributed by atoms with E-state index >= 15 is 0 Å². The molecule has 3 aromatic rings. The summed E-state index contributed by atoms with van der Waals surface area (Å²) in [6.07, 6.45) is 6.52. The molecule has 8 nitrogen and oxygen atoms in total. The largest absolute Gasteiger partial charge is 0.351 e. The molecule has 4 heterocycles. The summed E-state index contributed by atoms with van der Waals surface area (Å²) in [5, 5.41) is 8.04. The number of likely N-dealkylation sites (tertiary alicyclic amines) is 1. The van der Waals surface area contributed by atoms with Gasteiger partial charge in [0.2, 0.25) is 5.76 Å². The Morgan fingerprint density at radius 2 is 2.15 bits per heavy atom. The molecule has 26 heavy (non-hydrogen) atoms. The summed E-state index contributed by atoms with van der Waals surface area (Å²) >= 11 is 0. The summed E-state index contributed by atoms with van der Waals surface area (Å²) in [7, 11) is 0. The highest BCUT2D eigenvalue weighted by Gasteiger charge is 2.31. The lowest BCUT2D eigenvalue weighted by Gasteiger charge is -2.23. The fourth-order valence-corrected chi connectivity index (χ4v) is 3.21. The van der Waals surface area contributed by atoms with Gasteiger partial charge in [0, 0.05) is 36.6 Å². The monoisotopic (exact) mass is 351 g/mol. The molecule has 3 aromatic heterocycles. The van der Waals surface area contributed by atoms with Crippen LogP contribution in [-0.4, -0.2) is 43.3 Å². The minimum atomic E-state index is -0.207. The van der Waals surface area contributed by atoms with E-state index in [0.29, 0.717) is 18.8 Å². The third kappa shape index (κ3) is 3.13. The van der Waals surface area contributed by atoms with Gasteiger partial charge in [-0.05, 0) is 31.0 Å². The Balaban J connectivity index is 1.58. The smallest absolute Gasteiger partial charge is 0.292 e. The van der Waals surface area contributed by atoms with Crippen LogP contribution in [0.1, 0.15) is 23.4 Å². The van der Waals surface area contributed by atoms with Crippen LogP contribution in [0.5, 0.6) is 0 Å². The van der Waals surface area contributed by atoms with Crippen molar-refractivity contribution in [2.45, 2.75) is 25.4 Å². The van der Waals surface area contributed by atoms with Gasteiger partial charge in [-0.3, -0.25) is 14.6 Å². The second kappa shape index (κ2) is 6.91. The zero-order valence-corrected chi connectivity index (χ0v) is 14.0. The molecule has 1 aliphatic heterocycles. The predicted octanol–water partition coefficient (Wildman–Crippen LogP) is 1.60. The first kappa shape index (κ1) is 16.2. The number of carbonyl (C=O) groups excluding carboxylic acids is 1. The van der Waals surface area contributed by atoms with Crippen molar-refractivity contribution >= 4 is 5.91 Å². The van der Waals surface area contributed by atoms with Crippen molar-refractivity contribution in [1.29, 1.82) is 0 Å². The van der Waals surface area contributed by atoms with E-state index in [2.05, 4.69) is 15.2 Å². The molecule has 1 unspecified atom stereocenters. The number of nitrogens with zero attached hydrogens (tertiary/aromatic N) is 5. The van der Waals surface area contributed by atoms with Crippen LogP contribution in [0.2, 0.25) is 0 Å². The van der Waals surface area contributed by atoms with Crippen molar-refractivity contribution in [3.63, 3.8) is 0 Å². The molecular formula is C18H17N5O3. The molecule has 1 atom stereocenters. The lowest BCUT2D eigenvalue weighted by molar-refractivity contribution is 0.0678. The molecule has 132 valence electrons. The van der Waals surface area contributed by atoms with E-state index in [0.717, 1.165) is 18.4 Å². The lowest BCUT2D eigenvalue weighted by atomic mass is 10.2. The molecule has 0 bridgehead atoms. The van der Waals surface area contributed by atoms with Gasteiger partial charge in [-0.25, -0.2) is 4.68 Å². The van der Waals surface area contributed by atoms with E-state index in [-0.39, 0.29) is 23.3 Å². The molecule has 0 N–H and O–H groups in total. The molecule has 1 amide bonds. The zero-order valence-electron chi connectivity index (χ0n) is 14.0. The molecule has 4 rings (SSSR count). The van der Waals surface area contributed by atoms with Crippen LogP contribution < -0.4 is 5.56 Å². The minimum absolute atomic E-state index is 0.109. The van der Waals surface area contributed by atoms with E-state index in [4.69, 9.17) is 4.52 Å². The Kier molecular flexibility index (Phi) is 4.30. The molecule has 0 radical (unpaired) electrons. The average molecular weight is 351 g/mol. The first-order chi connectivity index (χ1) is 12.7. The van der Waals surface area contributed by atoms with Crippen LogP contribution >= 0.6 is 0 Å². The normalized spacial score (nSPS) is 16.8. The number of hydrogen-bond donors (Lipinski definition) is 0. The topological polar surface area (TPSA) is 94.1 Å². The van der Waals surface area contributed by atoms with Crippen molar-refractivity contribution in [2.24, 2.45) is 0 Å². The maximum Gasteiger partial charge on any atom is 0.292 e. The van der Waals surface area contributed by atoms with Crippen molar-refractivity contribution in [3.8, 4) is 11.3 Å². The maximum absolute atomic E-state index is 12.6. The van der Waals surface area contributed by atoms with Crippen molar-refractivity contribution in [2.75, 3.05) is 6.54 Å². The summed E-state index contributed by atoms with van der Waals surface area (Å²) in [5.41, 5.74) is 1.31. The summed E-state index contributed by atoms with van der Waals surface area (Å²) in [4.78, 5) is 30.6. The first-order valence-corrected chi connectivity index (χ1v) is 8.42. The van der Waals surface area contributed by atoms with E-state index in [1.165, 1.54) is 16.9 Å². The minimum Gasteiger partial charge on any atom is -0.351 e. The Morgan fingerprint density at radius 1 is 1.23 bits per heavy atom. The van der Waals surface area contributed by atoms with Crippen molar-refractivity contribution in [3.05, 3.63) is 65.0 Å². The highest BCUT2D eigenvalue weighted by molar-refractivity contribution is 5.91. The highest BCUT2D eigenvalue weighted by atomic mass is 16.5. The first-order valence-electron chi connectivity index (χ1n) is 8.42. The van der Waals surface area contributed by atoms with Crippen LogP contribution in [0.4, 0.5) is 0 Å². The third-order valence-corrected chi connectivity index (χ3v) is 4.49. The maximum atomic E-state index is 12.6. The summed E-state index contributed by atoms with van der Waals surface area (Å²) in [6, 6.07) is 8.32. The second-order valence-electron chi connectivity index (χ2n) is 6.15. The number of pyridine rings is 1. The molecule has 8 heteroatoms. The van der Waals surface area contributed by atoms with Gasteiger partial charge in [0.05, 0.1) is 24.5 Å². The van der Waals surface area contributed by atoms with E-state index in [1.54, 1.807) is 29.4 Å². The second-order valence-corrected chi connectivity index (χ2v) is 6.15. The number of aromatic nitrogens is 4. The average Bonchev–Trinajstić information content (AvgIpc) is 3.36. The molecule has 1 aliphatic rings. The molecule has 0 spiro atoms. The molecule has 1 saturated heterocycles. The van der Waals surface area contributed by atoms with Crippen LogP contribution in [0.25, 0.3) is 11.3 Å². The van der Waals surface area contributed by atoms with Gasteiger partial charge in [0.1, 0.15) is 0 Å². The summed E-state index contributed by atoms with van der Waals surface area (Å²) in [6.45, 7) is 0.966. The number of amides is 1. The number of hydrogen-bond acceptors (Lipinski definition) is 6. The fourth-order valence-electron chi connectivity index (χ4n) is 3.21. The van der Waals surface area contributed by atoms with E-state index < -0.39 is 0 Å². The molecule has 1 fully saturated rings. The Hall–Kier alpha value is -3.29. The van der Waals surface area contributed by atoms with Crippen molar-refractivity contribution < 1.29 is 9.32 Å². The van der Waals surface area contributed by atoms with Gasteiger partial charge in [0.15, 0.2) is 0 Å².